The van der Waals surface area contributed by atoms with Gasteiger partial charge in [-0.1, -0.05) is 47.3 Å². The fourth-order valence-corrected chi connectivity index (χ4v) is 5.25. The number of phenolic OH excluding ortho intramolecular Hbond substituents is 1. The number of phenols is 1. The Labute approximate surface area is 123 Å². The maximum Gasteiger partial charge on any atom is 0.119 e. The minimum absolute atomic E-state index is 0.366. The van der Waals surface area contributed by atoms with Crippen LogP contribution in [0.3, 0.4) is 0 Å². The molecule has 3 heteroatoms. The predicted octanol–water partition coefficient (Wildman–Crippen LogP) is 5.61. The van der Waals surface area contributed by atoms with Crippen LogP contribution in [0.5, 0.6) is 5.75 Å². The van der Waals surface area contributed by atoms with Gasteiger partial charge in [-0.2, -0.15) is 0 Å². The van der Waals surface area contributed by atoms with E-state index in [0.29, 0.717) is 17.6 Å². The van der Waals surface area contributed by atoms with Gasteiger partial charge in [-0.15, -0.1) is 11.8 Å². The zero-order chi connectivity index (χ0) is 14.8. The zero-order valence-electron chi connectivity index (χ0n) is 13.4. The third kappa shape index (κ3) is 4.57. The second kappa shape index (κ2) is 6.36. The van der Waals surface area contributed by atoms with Crippen molar-refractivity contribution in [2.24, 2.45) is 0 Å². The Morgan fingerprint density at radius 1 is 1.00 bits per heavy atom. The standard InChI is InChI=1S/C16H28OSSi/c1-11(2)15-13(17)8-9-14(16(15)12(3)4)18-10-19(5,6)7/h8-9,11-12,17H,10H2,1-7H3. The zero-order valence-corrected chi connectivity index (χ0v) is 15.2. The molecule has 19 heavy (non-hydrogen) atoms. The van der Waals surface area contributed by atoms with Gasteiger partial charge in [0.1, 0.15) is 5.75 Å². The molecule has 0 saturated heterocycles. The van der Waals surface area contributed by atoms with Gasteiger partial charge in [-0.25, -0.2) is 0 Å². The van der Waals surface area contributed by atoms with Crippen molar-refractivity contribution in [3.8, 4) is 5.75 Å². The topological polar surface area (TPSA) is 20.2 Å². The molecular formula is C16H28OSSi. The molecule has 1 rings (SSSR count). The Morgan fingerprint density at radius 3 is 1.95 bits per heavy atom. The third-order valence-corrected chi connectivity index (χ3v) is 7.75. The molecule has 0 aliphatic rings. The predicted molar refractivity (Wildman–Crippen MR) is 90.4 cm³/mol. The van der Waals surface area contributed by atoms with Crippen molar-refractivity contribution in [2.45, 2.75) is 64.1 Å². The summed E-state index contributed by atoms with van der Waals surface area (Å²) >= 11 is 1.97. The number of aromatic hydroxyl groups is 1. The number of hydrogen-bond acceptors (Lipinski definition) is 2. The van der Waals surface area contributed by atoms with Gasteiger partial charge < -0.3 is 5.11 Å². The molecule has 0 aromatic heterocycles. The highest BCUT2D eigenvalue weighted by molar-refractivity contribution is 8.01. The Kier molecular flexibility index (Phi) is 5.57. The van der Waals surface area contributed by atoms with Gasteiger partial charge in [0.25, 0.3) is 0 Å². The molecular weight excluding hydrogens is 268 g/mol. The monoisotopic (exact) mass is 296 g/mol. The molecule has 0 spiro atoms. The van der Waals surface area contributed by atoms with E-state index >= 15 is 0 Å². The molecule has 1 aromatic rings. The van der Waals surface area contributed by atoms with E-state index in [1.54, 1.807) is 0 Å². The van der Waals surface area contributed by atoms with E-state index in [-0.39, 0.29) is 0 Å². The lowest BCUT2D eigenvalue weighted by atomic mass is 9.90. The van der Waals surface area contributed by atoms with Crippen LogP contribution < -0.4 is 0 Å². The van der Waals surface area contributed by atoms with Crippen molar-refractivity contribution in [1.29, 1.82) is 0 Å². The van der Waals surface area contributed by atoms with Crippen molar-refractivity contribution >= 4 is 19.8 Å². The highest BCUT2D eigenvalue weighted by Crippen LogP contribution is 2.40. The summed E-state index contributed by atoms with van der Waals surface area (Å²) in [6, 6.07) is 3.97. The minimum Gasteiger partial charge on any atom is -0.508 e. The number of hydrogen-bond donors (Lipinski definition) is 1. The minimum atomic E-state index is -1.06. The fourth-order valence-electron chi connectivity index (χ4n) is 2.23. The van der Waals surface area contributed by atoms with Crippen molar-refractivity contribution < 1.29 is 5.11 Å². The molecule has 0 aliphatic carbocycles. The summed E-state index contributed by atoms with van der Waals surface area (Å²) < 4.78 is 0. The Balaban J connectivity index is 3.21. The maximum absolute atomic E-state index is 10.2. The average Bonchev–Trinajstić information content (AvgIpc) is 2.24. The summed E-state index contributed by atoms with van der Waals surface area (Å²) in [4.78, 5) is 1.36. The van der Waals surface area contributed by atoms with E-state index in [1.165, 1.54) is 15.8 Å². The summed E-state index contributed by atoms with van der Waals surface area (Å²) in [6.07, 6.45) is 0. The molecule has 0 amide bonds. The van der Waals surface area contributed by atoms with Gasteiger partial charge in [-0.05, 0) is 34.9 Å². The van der Waals surface area contributed by atoms with Crippen LogP contribution in [0.4, 0.5) is 0 Å². The molecule has 0 saturated carbocycles. The van der Waals surface area contributed by atoms with Gasteiger partial charge >= 0.3 is 0 Å². The summed E-state index contributed by atoms with van der Waals surface area (Å²) in [7, 11) is -1.06. The fraction of sp³-hybridized carbons (Fsp3) is 0.625. The summed E-state index contributed by atoms with van der Waals surface area (Å²) in [5.41, 5.74) is 2.48. The number of rotatable bonds is 5. The maximum atomic E-state index is 10.2. The molecule has 0 heterocycles. The van der Waals surface area contributed by atoms with Crippen LogP contribution in [0, 0.1) is 0 Å². The van der Waals surface area contributed by atoms with E-state index < -0.39 is 8.07 Å². The smallest absolute Gasteiger partial charge is 0.119 e. The SMILES string of the molecule is CC(C)c1c(O)ccc(SC[Si](C)(C)C)c1C(C)C. The quantitative estimate of drug-likeness (QED) is 0.563. The highest BCUT2D eigenvalue weighted by Gasteiger charge is 2.20. The molecule has 1 aromatic carbocycles. The lowest BCUT2D eigenvalue weighted by Crippen LogP contribution is -2.23. The van der Waals surface area contributed by atoms with Crippen LogP contribution in [0.15, 0.2) is 17.0 Å². The summed E-state index contributed by atoms with van der Waals surface area (Å²) in [5.74, 6) is 1.27. The lowest BCUT2D eigenvalue weighted by Gasteiger charge is -2.23. The third-order valence-electron chi connectivity index (χ3n) is 3.04. The first kappa shape index (κ1) is 16.6. The average molecular weight is 297 g/mol. The number of thioether (sulfide) groups is 1. The van der Waals surface area contributed by atoms with Crippen LogP contribution in [0.1, 0.15) is 50.7 Å². The first-order valence-corrected chi connectivity index (χ1v) is 11.8. The van der Waals surface area contributed by atoms with E-state index in [2.05, 4.69) is 53.4 Å². The normalized spacial score (nSPS) is 12.5. The molecule has 0 atom stereocenters. The van der Waals surface area contributed by atoms with Crippen molar-refractivity contribution in [3.63, 3.8) is 0 Å². The van der Waals surface area contributed by atoms with E-state index in [1.807, 2.05) is 17.8 Å². The Hall–Kier alpha value is -0.413. The largest absolute Gasteiger partial charge is 0.508 e. The summed E-state index contributed by atoms with van der Waals surface area (Å²) in [6.45, 7) is 16.0. The molecule has 0 bridgehead atoms. The second-order valence-electron chi connectivity index (χ2n) is 7.07. The van der Waals surface area contributed by atoms with E-state index in [4.69, 9.17) is 0 Å². The lowest BCUT2D eigenvalue weighted by molar-refractivity contribution is 0.461. The first-order valence-electron chi connectivity index (χ1n) is 7.12. The van der Waals surface area contributed by atoms with Gasteiger partial charge in [0, 0.05) is 10.5 Å². The van der Waals surface area contributed by atoms with Crippen LogP contribution >= 0.6 is 11.8 Å². The van der Waals surface area contributed by atoms with Crippen molar-refractivity contribution in [3.05, 3.63) is 23.3 Å². The molecule has 0 fully saturated rings. The summed E-state index contributed by atoms with van der Waals surface area (Å²) in [5, 5.41) is 11.4. The molecule has 1 N–H and O–H groups in total. The van der Waals surface area contributed by atoms with Gasteiger partial charge in [-0.3, -0.25) is 0 Å². The van der Waals surface area contributed by atoms with Crippen LogP contribution in [0.2, 0.25) is 19.6 Å². The van der Waals surface area contributed by atoms with E-state index in [0.717, 1.165) is 5.56 Å². The Morgan fingerprint density at radius 2 is 1.53 bits per heavy atom. The Bertz CT molecular complexity index is 433. The molecule has 0 radical (unpaired) electrons. The van der Waals surface area contributed by atoms with Gasteiger partial charge in [0.05, 0.1) is 8.07 Å². The van der Waals surface area contributed by atoms with Gasteiger partial charge in [0.2, 0.25) is 0 Å². The van der Waals surface area contributed by atoms with Crippen LogP contribution in [-0.4, -0.2) is 18.6 Å². The molecule has 1 nitrogen and oxygen atoms in total. The van der Waals surface area contributed by atoms with Crippen LogP contribution in [-0.2, 0) is 0 Å². The number of benzene rings is 1. The second-order valence-corrected chi connectivity index (χ2v) is 14.1. The highest BCUT2D eigenvalue weighted by atomic mass is 32.2. The van der Waals surface area contributed by atoms with Crippen molar-refractivity contribution in [2.75, 3.05) is 5.38 Å². The molecule has 0 aliphatic heterocycles. The first-order chi connectivity index (χ1) is 8.63. The molecule has 108 valence electrons. The van der Waals surface area contributed by atoms with Crippen molar-refractivity contribution in [1.82, 2.24) is 0 Å². The van der Waals surface area contributed by atoms with Gasteiger partial charge in [0.15, 0.2) is 0 Å². The van der Waals surface area contributed by atoms with Crippen LogP contribution in [0.25, 0.3) is 0 Å². The van der Waals surface area contributed by atoms with E-state index in [9.17, 15) is 5.11 Å². The molecule has 0 unspecified atom stereocenters.